The van der Waals surface area contributed by atoms with Crippen molar-refractivity contribution < 1.29 is 5.11 Å². The van der Waals surface area contributed by atoms with Gasteiger partial charge in [-0.05, 0) is 56.4 Å². The summed E-state index contributed by atoms with van der Waals surface area (Å²) in [5, 5.41) is 9.55. The number of aryl methyl sites for hydroxylation is 2. The summed E-state index contributed by atoms with van der Waals surface area (Å²) < 4.78 is 0. The lowest BCUT2D eigenvalue weighted by Crippen LogP contribution is -1.92. The van der Waals surface area contributed by atoms with Crippen molar-refractivity contribution >= 4 is 0 Å². The average molecular weight is 204 g/mol. The summed E-state index contributed by atoms with van der Waals surface area (Å²) in [6.07, 6.45) is 4.32. The first-order valence-corrected chi connectivity index (χ1v) is 5.49. The minimum absolute atomic E-state index is 0.397. The number of hydrogen-bond acceptors (Lipinski definition) is 1. The fourth-order valence-electron chi connectivity index (χ4n) is 1.77. The Balaban J connectivity index is 2.95. The van der Waals surface area contributed by atoms with E-state index in [-0.39, 0.29) is 0 Å². The summed E-state index contributed by atoms with van der Waals surface area (Å²) in [5.74, 6) is 0.397. The standard InChI is InChI=1S/C14H20O/c1-5-6-10(2)7-13-8-12(4)14(15)9-11(13)3/h6,8-9,15H,5,7H2,1-4H3/b10-6+. The second kappa shape index (κ2) is 5.01. The van der Waals surface area contributed by atoms with E-state index in [9.17, 15) is 5.11 Å². The first-order chi connectivity index (χ1) is 7.04. The maximum Gasteiger partial charge on any atom is 0.118 e. The van der Waals surface area contributed by atoms with Crippen LogP contribution in [0.3, 0.4) is 0 Å². The quantitative estimate of drug-likeness (QED) is 0.740. The average Bonchev–Trinajstić information content (AvgIpc) is 2.14. The molecule has 0 saturated carbocycles. The van der Waals surface area contributed by atoms with Gasteiger partial charge in [-0.3, -0.25) is 0 Å². The molecule has 1 aromatic carbocycles. The van der Waals surface area contributed by atoms with Gasteiger partial charge in [0.05, 0.1) is 0 Å². The van der Waals surface area contributed by atoms with Crippen molar-refractivity contribution in [2.75, 3.05) is 0 Å². The van der Waals surface area contributed by atoms with Crippen LogP contribution < -0.4 is 0 Å². The number of benzene rings is 1. The number of allylic oxidation sites excluding steroid dienone is 2. The number of phenols is 1. The molecule has 0 aliphatic carbocycles. The van der Waals surface area contributed by atoms with Gasteiger partial charge < -0.3 is 5.11 Å². The monoisotopic (exact) mass is 204 g/mol. The van der Waals surface area contributed by atoms with Crippen LogP contribution in [-0.4, -0.2) is 5.11 Å². The van der Waals surface area contributed by atoms with Crippen molar-refractivity contribution in [3.63, 3.8) is 0 Å². The Bertz CT molecular complexity index is 375. The van der Waals surface area contributed by atoms with E-state index in [0.717, 1.165) is 18.4 Å². The van der Waals surface area contributed by atoms with Crippen molar-refractivity contribution in [2.24, 2.45) is 0 Å². The molecule has 0 fully saturated rings. The zero-order valence-corrected chi connectivity index (χ0v) is 10.1. The fraction of sp³-hybridized carbons (Fsp3) is 0.429. The lowest BCUT2D eigenvalue weighted by atomic mass is 9.98. The van der Waals surface area contributed by atoms with Crippen LogP contribution in [0.15, 0.2) is 23.8 Å². The second-order valence-corrected chi connectivity index (χ2v) is 4.20. The summed E-state index contributed by atoms with van der Waals surface area (Å²) in [7, 11) is 0. The molecule has 15 heavy (non-hydrogen) atoms. The molecule has 0 heterocycles. The van der Waals surface area contributed by atoms with Crippen LogP contribution >= 0.6 is 0 Å². The molecule has 0 amide bonds. The molecule has 1 rings (SSSR count). The van der Waals surface area contributed by atoms with E-state index in [4.69, 9.17) is 0 Å². The minimum atomic E-state index is 0.397. The smallest absolute Gasteiger partial charge is 0.118 e. The Morgan fingerprint density at radius 3 is 2.53 bits per heavy atom. The molecular weight excluding hydrogens is 184 g/mol. The molecule has 0 aliphatic rings. The molecule has 0 unspecified atom stereocenters. The summed E-state index contributed by atoms with van der Waals surface area (Å²) in [6, 6.07) is 3.93. The van der Waals surface area contributed by atoms with E-state index in [1.165, 1.54) is 16.7 Å². The fourth-order valence-corrected chi connectivity index (χ4v) is 1.77. The van der Waals surface area contributed by atoms with E-state index in [1.54, 1.807) is 0 Å². The van der Waals surface area contributed by atoms with Gasteiger partial charge in [0.1, 0.15) is 5.75 Å². The maximum atomic E-state index is 9.55. The maximum absolute atomic E-state index is 9.55. The molecule has 1 nitrogen and oxygen atoms in total. The van der Waals surface area contributed by atoms with Crippen molar-refractivity contribution in [3.8, 4) is 5.75 Å². The zero-order valence-electron chi connectivity index (χ0n) is 10.1. The molecule has 82 valence electrons. The Morgan fingerprint density at radius 2 is 1.93 bits per heavy atom. The highest BCUT2D eigenvalue weighted by molar-refractivity contribution is 5.41. The molecular formula is C14H20O. The lowest BCUT2D eigenvalue weighted by molar-refractivity contribution is 0.470. The molecule has 0 saturated heterocycles. The topological polar surface area (TPSA) is 20.2 Å². The number of hydrogen-bond donors (Lipinski definition) is 1. The number of rotatable bonds is 3. The van der Waals surface area contributed by atoms with Gasteiger partial charge in [0.25, 0.3) is 0 Å². The van der Waals surface area contributed by atoms with E-state index in [1.807, 2.05) is 19.9 Å². The molecule has 1 N–H and O–H groups in total. The summed E-state index contributed by atoms with van der Waals surface area (Å²) in [4.78, 5) is 0. The van der Waals surface area contributed by atoms with Gasteiger partial charge in [-0.2, -0.15) is 0 Å². The number of phenolic OH excluding ortho intramolecular Hbond substituents is 1. The Labute approximate surface area is 92.5 Å². The lowest BCUT2D eigenvalue weighted by Gasteiger charge is -2.09. The van der Waals surface area contributed by atoms with Crippen LogP contribution in [-0.2, 0) is 6.42 Å². The van der Waals surface area contributed by atoms with Gasteiger partial charge in [-0.15, -0.1) is 0 Å². The molecule has 0 atom stereocenters. The van der Waals surface area contributed by atoms with Gasteiger partial charge in [0.15, 0.2) is 0 Å². The van der Waals surface area contributed by atoms with Crippen molar-refractivity contribution in [1.82, 2.24) is 0 Å². The van der Waals surface area contributed by atoms with E-state index < -0.39 is 0 Å². The molecule has 1 heteroatoms. The number of aromatic hydroxyl groups is 1. The first-order valence-electron chi connectivity index (χ1n) is 5.49. The van der Waals surface area contributed by atoms with Crippen molar-refractivity contribution in [2.45, 2.75) is 40.5 Å². The molecule has 0 aromatic heterocycles. The SMILES string of the molecule is CC/C=C(\C)Cc1cc(C)c(O)cc1C. The second-order valence-electron chi connectivity index (χ2n) is 4.20. The Kier molecular flexibility index (Phi) is 3.96. The van der Waals surface area contributed by atoms with Gasteiger partial charge in [-0.25, -0.2) is 0 Å². The predicted molar refractivity (Wildman–Crippen MR) is 65.3 cm³/mol. The predicted octanol–water partition coefficient (Wildman–Crippen LogP) is 3.91. The van der Waals surface area contributed by atoms with Crippen LogP contribution in [0.25, 0.3) is 0 Å². The van der Waals surface area contributed by atoms with E-state index in [0.29, 0.717) is 5.75 Å². The zero-order chi connectivity index (χ0) is 11.4. The van der Waals surface area contributed by atoms with Crippen LogP contribution in [0.1, 0.15) is 37.0 Å². The molecule has 0 radical (unpaired) electrons. The molecule has 0 spiro atoms. The van der Waals surface area contributed by atoms with E-state index in [2.05, 4.69) is 26.0 Å². The summed E-state index contributed by atoms with van der Waals surface area (Å²) in [6.45, 7) is 8.30. The van der Waals surface area contributed by atoms with Gasteiger partial charge >= 0.3 is 0 Å². The molecule has 0 bridgehead atoms. The minimum Gasteiger partial charge on any atom is -0.508 e. The third-order valence-corrected chi connectivity index (χ3v) is 2.68. The van der Waals surface area contributed by atoms with Crippen LogP contribution in [0.5, 0.6) is 5.75 Å². The first kappa shape index (κ1) is 11.8. The summed E-state index contributed by atoms with van der Waals surface area (Å²) in [5.41, 5.74) is 4.83. The third kappa shape index (κ3) is 3.12. The normalized spacial score (nSPS) is 11.9. The van der Waals surface area contributed by atoms with Gasteiger partial charge in [0.2, 0.25) is 0 Å². The van der Waals surface area contributed by atoms with Crippen molar-refractivity contribution in [3.05, 3.63) is 40.5 Å². The Hall–Kier alpha value is -1.24. The van der Waals surface area contributed by atoms with Gasteiger partial charge in [0, 0.05) is 0 Å². The summed E-state index contributed by atoms with van der Waals surface area (Å²) >= 11 is 0. The largest absolute Gasteiger partial charge is 0.508 e. The van der Waals surface area contributed by atoms with Crippen molar-refractivity contribution in [1.29, 1.82) is 0 Å². The highest BCUT2D eigenvalue weighted by Gasteiger charge is 2.03. The van der Waals surface area contributed by atoms with Crippen LogP contribution in [0.2, 0.25) is 0 Å². The highest BCUT2D eigenvalue weighted by atomic mass is 16.3. The third-order valence-electron chi connectivity index (χ3n) is 2.68. The highest BCUT2D eigenvalue weighted by Crippen LogP contribution is 2.23. The molecule has 1 aromatic rings. The Morgan fingerprint density at radius 1 is 1.27 bits per heavy atom. The van der Waals surface area contributed by atoms with Gasteiger partial charge in [-0.1, -0.05) is 24.6 Å². The van der Waals surface area contributed by atoms with E-state index >= 15 is 0 Å². The van der Waals surface area contributed by atoms with Crippen LogP contribution in [0.4, 0.5) is 0 Å². The molecule has 0 aliphatic heterocycles. The van der Waals surface area contributed by atoms with Crippen LogP contribution in [0, 0.1) is 13.8 Å².